The number of cyclic esters (lactones) is 1. The monoisotopic (exact) mass is 222 g/mol. The number of carboxylic acid groups (broad SMARTS) is 1. The lowest BCUT2D eigenvalue weighted by Gasteiger charge is -2.13. The molecule has 0 bridgehead atoms. The van der Waals surface area contributed by atoms with Crippen LogP contribution in [-0.4, -0.2) is 56.8 Å². The quantitative estimate of drug-likeness (QED) is 0.274. The van der Waals surface area contributed by atoms with Crippen molar-refractivity contribution in [3.63, 3.8) is 0 Å². The van der Waals surface area contributed by atoms with Crippen molar-refractivity contribution >= 4 is 12.4 Å². The van der Waals surface area contributed by atoms with Crippen LogP contribution in [0.1, 0.15) is 0 Å². The molecule has 0 radical (unpaired) electrons. The van der Waals surface area contributed by atoms with Crippen LogP contribution < -0.4 is 0 Å². The van der Waals surface area contributed by atoms with Gasteiger partial charge in [0.05, 0.1) is 6.61 Å². The highest BCUT2D eigenvalue weighted by Gasteiger charge is 2.38. The van der Waals surface area contributed by atoms with Gasteiger partial charge < -0.3 is 30.3 Å². The van der Waals surface area contributed by atoms with E-state index in [0.717, 1.165) is 0 Å². The molecule has 1 heterocycles. The van der Waals surface area contributed by atoms with Crippen LogP contribution in [-0.2, 0) is 14.3 Å². The predicted molar refractivity (Wildman–Crippen MR) is 43.9 cm³/mol. The van der Waals surface area contributed by atoms with E-state index in [1.165, 1.54) is 0 Å². The van der Waals surface area contributed by atoms with E-state index in [1.54, 1.807) is 0 Å². The fraction of sp³-hybridized carbons (Fsp3) is 0.429. The van der Waals surface area contributed by atoms with Crippen molar-refractivity contribution < 1.29 is 39.9 Å². The average molecular weight is 222 g/mol. The second kappa shape index (κ2) is 5.83. The Morgan fingerprint density at radius 3 is 2.20 bits per heavy atom. The molecule has 1 aliphatic rings. The Kier molecular flexibility index (Phi) is 5.13. The van der Waals surface area contributed by atoms with Gasteiger partial charge in [0.15, 0.2) is 11.9 Å². The first-order valence-corrected chi connectivity index (χ1v) is 3.69. The molecular formula is C7H10O8. The molecule has 86 valence electrons. The number of ether oxygens (including phenoxy) is 1. The molecule has 1 rings (SSSR count). The number of aliphatic hydroxyl groups is 4. The third-order valence-corrected chi connectivity index (χ3v) is 1.48. The normalized spacial score (nSPS) is 21.5. The van der Waals surface area contributed by atoms with Gasteiger partial charge in [0, 0.05) is 0 Å². The third-order valence-electron chi connectivity index (χ3n) is 1.48. The number of carbonyl (C=O) groups excluding carboxylic acids is 1. The van der Waals surface area contributed by atoms with Crippen LogP contribution in [0.2, 0.25) is 0 Å². The molecule has 2 atom stereocenters. The van der Waals surface area contributed by atoms with Crippen molar-refractivity contribution in [1.29, 1.82) is 0 Å². The van der Waals surface area contributed by atoms with Crippen molar-refractivity contribution in [2.24, 2.45) is 0 Å². The van der Waals surface area contributed by atoms with Crippen LogP contribution in [0, 0.1) is 0 Å². The van der Waals surface area contributed by atoms with Crippen LogP contribution in [0.15, 0.2) is 11.5 Å². The molecular weight excluding hydrogens is 212 g/mol. The average Bonchev–Trinajstić information content (AvgIpc) is 2.46. The first-order valence-electron chi connectivity index (χ1n) is 3.69. The van der Waals surface area contributed by atoms with Crippen molar-refractivity contribution in [1.82, 2.24) is 0 Å². The summed E-state index contributed by atoms with van der Waals surface area (Å²) in [6.07, 6.45) is -2.78. The van der Waals surface area contributed by atoms with E-state index in [-0.39, 0.29) is 6.47 Å². The van der Waals surface area contributed by atoms with Gasteiger partial charge in [0.1, 0.15) is 6.10 Å². The number of rotatable bonds is 2. The molecule has 0 aromatic rings. The summed E-state index contributed by atoms with van der Waals surface area (Å²) in [4.78, 5) is 18.9. The fourth-order valence-electron chi connectivity index (χ4n) is 0.823. The van der Waals surface area contributed by atoms with Crippen LogP contribution in [0.3, 0.4) is 0 Å². The lowest BCUT2D eigenvalue weighted by Crippen LogP contribution is -2.31. The van der Waals surface area contributed by atoms with E-state index in [2.05, 4.69) is 4.74 Å². The SMILES string of the molecule is O=C1O[C@H]([C@@H](O)CO)C(O)=C1O.O=CO. The molecule has 5 N–H and O–H groups in total. The smallest absolute Gasteiger partial charge is 0.377 e. The molecule has 0 aromatic heterocycles. The van der Waals surface area contributed by atoms with E-state index in [1.807, 2.05) is 0 Å². The summed E-state index contributed by atoms with van der Waals surface area (Å²) >= 11 is 0. The maximum absolute atomic E-state index is 10.5. The molecule has 8 nitrogen and oxygen atoms in total. The zero-order valence-corrected chi connectivity index (χ0v) is 7.40. The summed E-state index contributed by atoms with van der Waals surface area (Å²) in [6, 6.07) is 0. The second-order valence-electron chi connectivity index (χ2n) is 2.42. The number of hydrogen-bond acceptors (Lipinski definition) is 7. The zero-order chi connectivity index (χ0) is 12.0. The molecule has 0 aliphatic carbocycles. The zero-order valence-electron chi connectivity index (χ0n) is 7.40. The van der Waals surface area contributed by atoms with Crippen molar-refractivity contribution in [3.05, 3.63) is 11.5 Å². The molecule has 0 aromatic carbocycles. The largest absolute Gasteiger partial charge is 0.505 e. The number of carbonyl (C=O) groups is 2. The molecule has 8 heteroatoms. The van der Waals surface area contributed by atoms with Crippen LogP contribution in [0.5, 0.6) is 0 Å². The molecule has 0 unspecified atom stereocenters. The first-order chi connectivity index (χ1) is 6.99. The molecule has 0 amide bonds. The highest BCUT2D eigenvalue weighted by atomic mass is 16.6. The predicted octanol–water partition coefficient (Wildman–Crippen LogP) is -1.71. The molecule has 0 fully saturated rings. The highest BCUT2D eigenvalue weighted by molar-refractivity contribution is 5.89. The topological polar surface area (TPSA) is 145 Å². The Morgan fingerprint density at radius 1 is 1.47 bits per heavy atom. The van der Waals surface area contributed by atoms with E-state index >= 15 is 0 Å². The Hall–Kier alpha value is -1.80. The number of hydrogen-bond donors (Lipinski definition) is 5. The molecule has 0 saturated carbocycles. The van der Waals surface area contributed by atoms with Gasteiger partial charge in [-0.1, -0.05) is 0 Å². The van der Waals surface area contributed by atoms with Gasteiger partial charge in [-0.05, 0) is 0 Å². The fourth-order valence-corrected chi connectivity index (χ4v) is 0.823. The maximum atomic E-state index is 10.5. The molecule has 1 aliphatic heterocycles. The Bertz CT molecular complexity index is 270. The van der Waals surface area contributed by atoms with Crippen LogP contribution in [0.4, 0.5) is 0 Å². The Balaban J connectivity index is 0.000000583. The second-order valence-corrected chi connectivity index (χ2v) is 2.42. The minimum atomic E-state index is -1.42. The van der Waals surface area contributed by atoms with Gasteiger partial charge in [-0.3, -0.25) is 4.79 Å². The standard InChI is InChI=1S/C6H8O6.CH2O2/c7-1-2(8)5-3(9)4(10)6(11)12-5;2-1-3/h2,5,7-10H,1H2;1H,(H,2,3)/t2-,5+;/m0./s1. The molecule has 0 spiro atoms. The van der Waals surface area contributed by atoms with Crippen molar-refractivity contribution in [2.45, 2.75) is 12.2 Å². The van der Waals surface area contributed by atoms with Crippen molar-refractivity contribution in [3.8, 4) is 0 Å². The minimum absolute atomic E-state index is 0.250. The van der Waals surface area contributed by atoms with Gasteiger partial charge in [0.2, 0.25) is 5.76 Å². The van der Waals surface area contributed by atoms with Crippen molar-refractivity contribution in [2.75, 3.05) is 6.61 Å². The van der Waals surface area contributed by atoms with Gasteiger partial charge >= 0.3 is 5.97 Å². The number of esters is 1. The summed E-state index contributed by atoms with van der Waals surface area (Å²) in [7, 11) is 0. The number of aliphatic hydroxyl groups excluding tert-OH is 4. The van der Waals surface area contributed by atoms with Gasteiger partial charge in [-0.15, -0.1) is 0 Å². The molecule has 0 saturated heterocycles. The lowest BCUT2D eigenvalue weighted by molar-refractivity contribution is -0.147. The van der Waals surface area contributed by atoms with E-state index in [9.17, 15) is 4.79 Å². The Labute approximate surface area is 83.6 Å². The summed E-state index contributed by atoms with van der Waals surface area (Å²) in [5, 5.41) is 41.9. The highest BCUT2D eigenvalue weighted by Crippen LogP contribution is 2.20. The Morgan fingerprint density at radius 2 is 1.93 bits per heavy atom. The summed E-state index contributed by atoms with van der Waals surface area (Å²) in [5.41, 5.74) is 0. The lowest BCUT2D eigenvalue weighted by atomic mass is 10.2. The summed E-state index contributed by atoms with van der Waals surface area (Å²) in [5.74, 6) is -2.78. The van der Waals surface area contributed by atoms with Crippen LogP contribution >= 0.6 is 0 Å². The van der Waals surface area contributed by atoms with E-state index in [0.29, 0.717) is 0 Å². The first kappa shape index (κ1) is 13.2. The van der Waals surface area contributed by atoms with Gasteiger partial charge in [-0.25, -0.2) is 4.79 Å². The van der Waals surface area contributed by atoms with E-state index < -0.39 is 36.3 Å². The van der Waals surface area contributed by atoms with Gasteiger partial charge in [0.25, 0.3) is 6.47 Å². The molecule has 15 heavy (non-hydrogen) atoms. The van der Waals surface area contributed by atoms with Crippen LogP contribution in [0.25, 0.3) is 0 Å². The maximum Gasteiger partial charge on any atom is 0.377 e. The van der Waals surface area contributed by atoms with E-state index in [4.69, 9.17) is 30.3 Å². The third kappa shape index (κ3) is 3.11. The van der Waals surface area contributed by atoms with Gasteiger partial charge in [-0.2, -0.15) is 0 Å². The summed E-state index contributed by atoms with van der Waals surface area (Å²) in [6.45, 7) is -0.921. The minimum Gasteiger partial charge on any atom is -0.505 e. The summed E-state index contributed by atoms with van der Waals surface area (Å²) < 4.78 is 4.32.